The molecule has 4 rings (SSSR count). The van der Waals surface area contributed by atoms with E-state index in [1.807, 2.05) is 12.1 Å². The number of nitro benzene ring substituents is 1. The first-order valence-corrected chi connectivity index (χ1v) is 9.79. The first kappa shape index (κ1) is 18.3. The van der Waals surface area contributed by atoms with E-state index in [1.165, 1.54) is 17.7 Å². The smallest absolute Gasteiger partial charge is 0.270 e. The molecule has 1 N–H and O–H groups in total. The molecule has 1 saturated heterocycles. The van der Waals surface area contributed by atoms with E-state index in [2.05, 4.69) is 28.1 Å². The number of benzene rings is 2. The Morgan fingerprint density at radius 2 is 1.89 bits per heavy atom. The van der Waals surface area contributed by atoms with Gasteiger partial charge in [0.05, 0.1) is 16.2 Å². The van der Waals surface area contributed by atoms with Gasteiger partial charge in [-0.05, 0) is 49.9 Å². The molecule has 2 heterocycles. The summed E-state index contributed by atoms with van der Waals surface area (Å²) < 4.78 is 0. The summed E-state index contributed by atoms with van der Waals surface area (Å²) in [6.45, 7) is 5.76. The molecule has 0 saturated carbocycles. The van der Waals surface area contributed by atoms with E-state index in [0.717, 1.165) is 56.8 Å². The third-order valence-electron chi connectivity index (χ3n) is 5.60. The molecule has 1 amide bonds. The summed E-state index contributed by atoms with van der Waals surface area (Å²) in [6, 6.07) is 10.5. The molecule has 7 heteroatoms. The van der Waals surface area contributed by atoms with Gasteiger partial charge in [0.2, 0.25) is 0 Å². The fourth-order valence-electron chi connectivity index (χ4n) is 4.10. The molecule has 0 aromatic heterocycles. The highest BCUT2D eigenvalue weighted by Gasteiger charge is 2.23. The number of likely N-dealkylation sites (N-methyl/N-ethyl adjacent to an activating group) is 1. The lowest BCUT2D eigenvalue weighted by Gasteiger charge is -2.21. The van der Waals surface area contributed by atoms with Crippen LogP contribution < -0.4 is 15.1 Å². The predicted octanol–water partition coefficient (Wildman–Crippen LogP) is 3.83. The minimum absolute atomic E-state index is 0.0702. The normalized spacial score (nSPS) is 15.6. The van der Waals surface area contributed by atoms with E-state index in [1.54, 1.807) is 6.07 Å². The molecule has 146 valence electrons. The van der Waals surface area contributed by atoms with E-state index in [9.17, 15) is 14.9 Å². The molecule has 0 aliphatic carbocycles. The summed E-state index contributed by atoms with van der Waals surface area (Å²) >= 11 is 0. The average Bonchev–Trinajstić information content (AvgIpc) is 3.37. The van der Waals surface area contributed by atoms with Crippen LogP contribution in [0, 0.1) is 10.1 Å². The van der Waals surface area contributed by atoms with Gasteiger partial charge in [0, 0.05) is 49.7 Å². The van der Waals surface area contributed by atoms with Crippen molar-refractivity contribution in [3.05, 3.63) is 57.6 Å². The number of anilines is 3. The van der Waals surface area contributed by atoms with Crippen molar-refractivity contribution in [2.24, 2.45) is 0 Å². The minimum Gasteiger partial charge on any atom is -0.371 e. The maximum absolute atomic E-state index is 13.0. The predicted molar refractivity (Wildman–Crippen MR) is 111 cm³/mol. The van der Waals surface area contributed by atoms with Crippen molar-refractivity contribution < 1.29 is 9.72 Å². The number of amides is 1. The number of carbonyl (C=O) groups excluding carboxylic acids is 1. The molecule has 0 unspecified atom stereocenters. The summed E-state index contributed by atoms with van der Waals surface area (Å²) in [5, 5.41) is 14.2. The van der Waals surface area contributed by atoms with Crippen LogP contribution in [0.4, 0.5) is 22.7 Å². The highest BCUT2D eigenvalue weighted by atomic mass is 16.6. The van der Waals surface area contributed by atoms with E-state index in [-0.39, 0.29) is 11.6 Å². The fourth-order valence-corrected chi connectivity index (χ4v) is 4.10. The molecule has 0 bridgehead atoms. The summed E-state index contributed by atoms with van der Waals surface area (Å²) in [5.41, 5.74) is 4.19. The Bertz CT molecular complexity index is 922. The number of rotatable bonds is 5. The van der Waals surface area contributed by atoms with Crippen molar-refractivity contribution >= 4 is 28.7 Å². The monoisotopic (exact) mass is 380 g/mol. The number of nitro groups is 1. The Balaban J connectivity index is 1.64. The summed E-state index contributed by atoms with van der Waals surface area (Å²) in [6.07, 6.45) is 3.15. The molecule has 0 atom stereocenters. The largest absolute Gasteiger partial charge is 0.371 e. The second-order valence-corrected chi connectivity index (χ2v) is 7.28. The first-order chi connectivity index (χ1) is 13.6. The van der Waals surface area contributed by atoms with E-state index >= 15 is 0 Å². The lowest BCUT2D eigenvalue weighted by Crippen LogP contribution is -2.23. The topological polar surface area (TPSA) is 78.7 Å². The van der Waals surface area contributed by atoms with Gasteiger partial charge in [-0.25, -0.2) is 0 Å². The van der Waals surface area contributed by atoms with Crippen molar-refractivity contribution in [3.8, 4) is 0 Å². The van der Waals surface area contributed by atoms with Gasteiger partial charge in [-0.3, -0.25) is 14.9 Å². The summed E-state index contributed by atoms with van der Waals surface area (Å²) in [4.78, 5) is 28.2. The van der Waals surface area contributed by atoms with Gasteiger partial charge in [0.15, 0.2) is 0 Å². The Hall–Kier alpha value is -3.09. The number of non-ortho nitro benzene ring substituents is 1. The lowest BCUT2D eigenvalue weighted by molar-refractivity contribution is -0.384. The van der Waals surface area contributed by atoms with Gasteiger partial charge in [-0.1, -0.05) is 6.07 Å². The molecule has 7 nitrogen and oxygen atoms in total. The molecular formula is C21H24N4O3. The number of nitrogens with one attached hydrogen (secondary N) is 1. The zero-order chi connectivity index (χ0) is 19.7. The number of nitrogens with zero attached hydrogens (tertiary/aromatic N) is 3. The van der Waals surface area contributed by atoms with Gasteiger partial charge in [0.25, 0.3) is 11.6 Å². The molecule has 28 heavy (non-hydrogen) atoms. The maximum Gasteiger partial charge on any atom is 0.270 e. The van der Waals surface area contributed by atoms with Crippen LogP contribution in [0.15, 0.2) is 36.4 Å². The highest BCUT2D eigenvalue weighted by molar-refractivity contribution is 6.09. The Labute approximate surface area is 164 Å². The second kappa shape index (κ2) is 7.50. The second-order valence-electron chi connectivity index (χ2n) is 7.28. The molecule has 2 aromatic carbocycles. The van der Waals surface area contributed by atoms with Gasteiger partial charge in [-0.15, -0.1) is 0 Å². The Kier molecular flexibility index (Phi) is 4.90. The average molecular weight is 380 g/mol. The molecule has 2 aliphatic heterocycles. The van der Waals surface area contributed by atoms with Crippen molar-refractivity contribution in [2.45, 2.75) is 26.2 Å². The molecule has 1 fully saturated rings. The Morgan fingerprint density at radius 3 is 2.61 bits per heavy atom. The van der Waals surface area contributed by atoms with Crippen molar-refractivity contribution in [3.63, 3.8) is 0 Å². The van der Waals surface area contributed by atoms with Crippen molar-refractivity contribution in [1.29, 1.82) is 0 Å². The van der Waals surface area contributed by atoms with Crippen LogP contribution in [0.2, 0.25) is 0 Å². The number of hydrogen-bond acceptors (Lipinski definition) is 5. The van der Waals surface area contributed by atoms with Crippen LogP contribution in [0.1, 0.15) is 35.7 Å². The van der Waals surface area contributed by atoms with Crippen LogP contribution >= 0.6 is 0 Å². The summed E-state index contributed by atoms with van der Waals surface area (Å²) in [7, 11) is 0. The standard InChI is InChI=1S/C21H24N4O3/c1-2-23-12-9-15-5-6-16(13-20(15)23)22-21(26)18-14-17(25(27)28)7-8-19(18)24-10-3-4-11-24/h5-8,13-14H,2-4,9-12H2,1H3,(H,22,26). The molecule has 2 aliphatic rings. The quantitative estimate of drug-likeness (QED) is 0.630. The minimum atomic E-state index is -0.459. The molecule has 0 spiro atoms. The highest BCUT2D eigenvalue weighted by Crippen LogP contribution is 2.32. The molecule has 0 radical (unpaired) electrons. The van der Waals surface area contributed by atoms with Gasteiger partial charge in [-0.2, -0.15) is 0 Å². The fraction of sp³-hybridized carbons (Fsp3) is 0.381. The van der Waals surface area contributed by atoms with Gasteiger partial charge >= 0.3 is 0 Å². The van der Waals surface area contributed by atoms with Gasteiger partial charge < -0.3 is 15.1 Å². The zero-order valence-electron chi connectivity index (χ0n) is 16.0. The molecule has 2 aromatic rings. The van der Waals surface area contributed by atoms with Crippen LogP contribution in [-0.4, -0.2) is 37.0 Å². The van der Waals surface area contributed by atoms with Crippen LogP contribution in [0.3, 0.4) is 0 Å². The van der Waals surface area contributed by atoms with E-state index in [4.69, 9.17) is 0 Å². The number of carbonyl (C=O) groups is 1. The first-order valence-electron chi connectivity index (χ1n) is 9.79. The SMILES string of the molecule is CCN1CCc2ccc(NC(=O)c3cc([N+](=O)[O-])ccc3N3CCCC3)cc21. The Morgan fingerprint density at radius 1 is 1.11 bits per heavy atom. The van der Waals surface area contributed by atoms with Crippen LogP contribution in [0.5, 0.6) is 0 Å². The molecular weight excluding hydrogens is 356 g/mol. The number of hydrogen-bond donors (Lipinski definition) is 1. The zero-order valence-corrected chi connectivity index (χ0v) is 16.0. The van der Waals surface area contributed by atoms with Gasteiger partial charge in [0.1, 0.15) is 0 Å². The lowest BCUT2D eigenvalue weighted by atomic mass is 10.1. The third-order valence-corrected chi connectivity index (χ3v) is 5.60. The third kappa shape index (κ3) is 3.40. The number of fused-ring (bicyclic) bond motifs is 1. The van der Waals surface area contributed by atoms with Crippen LogP contribution in [0.25, 0.3) is 0 Å². The van der Waals surface area contributed by atoms with Crippen molar-refractivity contribution in [1.82, 2.24) is 0 Å². The van der Waals surface area contributed by atoms with E-state index in [0.29, 0.717) is 11.3 Å². The van der Waals surface area contributed by atoms with E-state index < -0.39 is 4.92 Å². The maximum atomic E-state index is 13.0. The van der Waals surface area contributed by atoms with Crippen molar-refractivity contribution in [2.75, 3.05) is 41.3 Å². The van der Waals surface area contributed by atoms with Crippen LogP contribution in [-0.2, 0) is 6.42 Å². The summed E-state index contributed by atoms with van der Waals surface area (Å²) in [5.74, 6) is -0.313.